The van der Waals surface area contributed by atoms with E-state index < -0.39 is 15.7 Å². The van der Waals surface area contributed by atoms with E-state index in [0.29, 0.717) is 24.4 Å². The first-order valence-electron chi connectivity index (χ1n) is 7.74. The average Bonchev–Trinajstić information content (AvgIpc) is 3.14. The molecule has 13 heteroatoms. The van der Waals surface area contributed by atoms with Gasteiger partial charge in [-0.2, -0.15) is 0 Å². The lowest BCUT2D eigenvalue weighted by Crippen LogP contribution is -2.23. The third-order valence-electron chi connectivity index (χ3n) is 3.50. The number of anilines is 2. The van der Waals surface area contributed by atoms with Gasteiger partial charge in [-0.3, -0.25) is 0 Å². The summed E-state index contributed by atoms with van der Waals surface area (Å²) in [5.74, 6) is 0.113. The summed E-state index contributed by atoms with van der Waals surface area (Å²) in [4.78, 5) is 0. The van der Waals surface area contributed by atoms with Crippen molar-refractivity contribution in [2.24, 2.45) is 9.52 Å². The van der Waals surface area contributed by atoms with E-state index in [9.17, 15) is 13.8 Å². The molecule has 0 saturated carbocycles. The van der Waals surface area contributed by atoms with Gasteiger partial charge in [0, 0.05) is 25.0 Å². The van der Waals surface area contributed by atoms with Crippen LogP contribution in [0.1, 0.15) is 12.1 Å². The Morgan fingerprint density at radius 3 is 2.85 bits per heavy atom. The number of aromatic nitrogens is 2. The van der Waals surface area contributed by atoms with Crippen LogP contribution in [0.2, 0.25) is 0 Å². The number of oxime groups is 1. The van der Waals surface area contributed by atoms with Gasteiger partial charge in [-0.05, 0) is 57.9 Å². The standard InChI is InChI=1S/C14H19BrFN7O3S/c1-17-27(25,18-2)7-3-6-19-13-12(22-26-23-13)14(21-24)20-9-4-5-11(16)10(15)8-9/h4-5,8,24H,3,6-7H2,1-2H3,(H,19,23)(H,20,21)(H,17,18,25). The van der Waals surface area contributed by atoms with Crippen LogP contribution in [0.4, 0.5) is 15.9 Å². The Bertz CT molecular complexity index is 927. The molecule has 10 nitrogen and oxygen atoms in total. The van der Waals surface area contributed by atoms with Gasteiger partial charge in [0.15, 0.2) is 5.69 Å². The molecule has 27 heavy (non-hydrogen) atoms. The first kappa shape index (κ1) is 21.1. The van der Waals surface area contributed by atoms with Crippen molar-refractivity contribution in [3.8, 4) is 0 Å². The highest BCUT2D eigenvalue weighted by molar-refractivity contribution is 9.10. The molecule has 1 atom stereocenters. The molecule has 2 aromatic rings. The maximum atomic E-state index is 13.3. The van der Waals surface area contributed by atoms with Gasteiger partial charge in [-0.1, -0.05) is 5.16 Å². The number of nitrogens with one attached hydrogen (secondary N) is 3. The van der Waals surface area contributed by atoms with E-state index in [1.165, 1.54) is 25.2 Å². The Morgan fingerprint density at radius 2 is 2.22 bits per heavy atom. The van der Waals surface area contributed by atoms with E-state index in [-0.39, 0.29) is 21.8 Å². The summed E-state index contributed by atoms with van der Waals surface area (Å²) in [5, 5.41) is 25.7. The Morgan fingerprint density at radius 1 is 1.44 bits per heavy atom. The summed E-state index contributed by atoms with van der Waals surface area (Å²) in [5.41, 5.74) is 0.593. The third-order valence-corrected chi connectivity index (χ3v) is 6.18. The largest absolute Gasteiger partial charge is 0.409 e. The van der Waals surface area contributed by atoms with E-state index in [2.05, 4.69) is 51.1 Å². The topological polar surface area (TPSA) is 137 Å². The summed E-state index contributed by atoms with van der Waals surface area (Å²) in [6, 6.07) is 4.19. The summed E-state index contributed by atoms with van der Waals surface area (Å²) in [6.07, 6.45) is 0.535. The first-order chi connectivity index (χ1) is 12.9. The lowest BCUT2D eigenvalue weighted by molar-refractivity contribution is 0.305. The molecular weight excluding hydrogens is 445 g/mol. The molecule has 4 N–H and O–H groups in total. The maximum Gasteiger partial charge on any atom is 0.203 e. The van der Waals surface area contributed by atoms with Crippen molar-refractivity contribution in [1.29, 1.82) is 0 Å². The van der Waals surface area contributed by atoms with Crippen LogP contribution in [-0.4, -0.2) is 52.0 Å². The van der Waals surface area contributed by atoms with Crippen LogP contribution in [0.15, 0.2) is 36.8 Å². The number of halogens is 2. The molecule has 1 heterocycles. The Hall–Kier alpha value is -2.25. The number of nitrogens with zero attached hydrogens (tertiary/aromatic N) is 4. The fourth-order valence-corrected chi connectivity index (χ4v) is 3.55. The molecule has 148 valence electrons. The van der Waals surface area contributed by atoms with Gasteiger partial charge in [-0.25, -0.2) is 22.3 Å². The van der Waals surface area contributed by atoms with Crippen LogP contribution in [-0.2, 0) is 9.92 Å². The monoisotopic (exact) mass is 463 g/mol. The van der Waals surface area contributed by atoms with Gasteiger partial charge in [-0.15, -0.1) is 0 Å². The Balaban J connectivity index is 2.03. The maximum absolute atomic E-state index is 13.3. The second-order valence-corrected chi connectivity index (χ2v) is 8.49. The molecule has 1 unspecified atom stereocenters. The van der Waals surface area contributed by atoms with E-state index in [1.807, 2.05) is 0 Å². The number of amidine groups is 1. The predicted molar refractivity (Wildman–Crippen MR) is 104 cm³/mol. The van der Waals surface area contributed by atoms with E-state index >= 15 is 0 Å². The van der Waals surface area contributed by atoms with Crippen molar-refractivity contribution in [2.75, 3.05) is 37.0 Å². The SMILES string of the molecule is CN=S(=O)(CCCNc1nonc1/C(=N/O)Nc1ccc(F)c(Br)c1)NC. The lowest BCUT2D eigenvalue weighted by Gasteiger charge is -2.09. The van der Waals surface area contributed by atoms with Crippen molar-refractivity contribution in [1.82, 2.24) is 15.0 Å². The van der Waals surface area contributed by atoms with Crippen molar-refractivity contribution >= 4 is 43.2 Å². The van der Waals surface area contributed by atoms with Gasteiger partial charge in [0.1, 0.15) is 15.7 Å². The van der Waals surface area contributed by atoms with Gasteiger partial charge < -0.3 is 15.8 Å². The molecule has 0 aliphatic carbocycles. The molecule has 0 aliphatic heterocycles. The van der Waals surface area contributed by atoms with Crippen LogP contribution in [0.3, 0.4) is 0 Å². The highest BCUT2D eigenvalue weighted by atomic mass is 79.9. The van der Waals surface area contributed by atoms with Crippen LogP contribution in [0, 0.1) is 5.82 Å². The number of hydrogen-bond donors (Lipinski definition) is 4. The second-order valence-electron chi connectivity index (χ2n) is 5.18. The zero-order valence-corrected chi connectivity index (χ0v) is 17.0. The van der Waals surface area contributed by atoms with Gasteiger partial charge in [0.2, 0.25) is 11.7 Å². The third kappa shape index (κ3) is 5.61. The number of benzene rings is 1. The fraction of sp³-hybridized carbons (Fsp3) is 0.357. The van der Waals surface area contributed by atoms with Crippen LogP contribution in [0.25, 0.3) is 0 Å². The van der Waals surface area contributed by atoms with Crippen molar-refractivity contribution in [3.05, 3.63) is 34.2 Å². The molecule has 0 saturated heterocycles. The minimum Gasteiger partial charge on any atom is -0.409 e. The van der Waals surface area contributed by atoms with Gasteiger partial charge in [0.25, 0.3) is 0 Å². The quantitative estimate of drug-likeness (QED) is 0.155. The Labute approximate surface area is 164 Å². The van der Waals surface area contributed by atoms with Gasteiger partial charge >= 0.3 is 0 Å². The predicted octanol–water partition coefficient (Wildman–Crippen LogP) is 2.25. The van der Waals surface area contributed by atoms with E-state index in [0.717, 1.165) is 0 Å². The van der Waals surface area contributed by atoms with Crippen molar-refractivity contribution in [3.63, 3.8) is 0 Å². The number of hydrogen-bond acceptors (Lipinski definition) is 8. The lowest BCUT2D eigenvalue weighted by atomic mass is 10.3. The first-order valence-corrected chi connectivity index (χ1v) is 10.2. The van der Waals surface area contributed by atoms with E-state index in [1.54, 1.807) is 7.05 Å². The smallest absolute Gasteiger partial charge is 0.203 e. The zero-order valence-electron chi connectivity index (χ0n) is 14.6. The van der Waals surface area contributed by atoms with Crippen molar-refractivity contribution < 1.29 is 18.4 Å². The second kappa shape index (κ2) is 9.62. The molecule has 0 spiro atoms. The summed E-state index contributed by atoms with van der Waals surface area (Å²) >= 11 is 3.08. The average molecular weight is 464 g/mol. The van der Waals surface area contributed by atoms with Crippen LogP contribution in [0.5, 0.6) is 0 Å². The summed E-state index contributed by atoms with van der Waals surface area (Å²) in [6.45, 7) is 0.413. The molecular formula is C14H19BrFN7O3S. The number of rotatable bonds is 8. The molecule has 0 aliphatic rings. The molecule has 0 bridgehead atoms. The minimum absolute atomic E-state index is 0.0418. The minimum atomic E-state index is -2.42. The van der Waals surface area contributed by atoms with E-state index in [4.69, 9.17) is 4.63 Å². The van der Waals surface area contributed by atoms with Crippen LogP contribution >= 0.6 is 15.9 Å². The van der Waals surface area contributed by atoms with Gasteiger partial charge in [0.05, 0.1) is 4.47 Å². The molecule has 0 amide bonds. The molecule has 0 radical (unpaired) electrons. The molecule has 2 rings (SSSR count). The zero-order chi connectivity index (χ0) is 19.9. The van der Waals surface area contributed by atoms with Crippen molar-refractivity contribution in [2.45, 2.75) is 6.42 Å². The fourth-order valence-electron chi connectivity index (χ4n) is 2.06. The molecule has 1 aromatic carbocycles. The Kier molecular flexibility index (Phi) is 7.50. The molecule has 0 fully saturated rings. The summed E-state index contributed by atoms with van der Waals surface area (Å²) < 4.78 is 36.9. The highest BCUT2D eigenvalue weighted by Gasteiger charge is 2.18. The molecule has 1 aromatic heterocycles. The van der Waals surface area contributed by atoms with Crippen LogP contribution < -0.4 is 15.4 Å². The summed E-state index contributed by atoms with van der Waals surface area (Å²) in [7, 11) is 0.664. The normalized spacial score (nSPS) is 13.9. The highest BCUT2D eigenvalue weighted by Crippen LogP contribution is 2.21.